The van der Waals surface area contributed by atoms with Crippen LogP contribution in [0.2, 0.25) is 0 Å². The molecule has 0 unspecified atom stereocenters. The van der Waals surface area contributed by atoms with Crippen molar-refractivity contribution in [3.05, 3.63) is 76.0 Å². The van der Waals surface area contributed by atoms with Crippen molar-refractivity contribution in [2.75, 3.05) is 44.1 Å². The maximum Gasteiger partial charge on any atom is 0.357 e. The van der Waals surface area contributed by atoms with Crippen molar-refractivity contribution in [3.63, 3.8) is 0 Å². The van der Waals surface area contributed by atoms with Gasteiger partial charge >= 0.3 is 5.97 Å². The van der Waals surface area contributed by atoms with E-state index in [1.54, 1.807) is 19.2 Å². The fourth-order valence-corrected chi connectivity index (χ4v) is 6.62. The summed E-state index contributed by atoms with van der Waals surface area (Å²) in [6, 6.07) is 14.5. The van der Waals surface area contributed by atoms with Crippen LogP contribution in [0.5, 0.6) is 5.75 Å². The first-order valence-electron chi connectivity index (χ1n) is 15.2. The normalized spacial score (nSPS) is 10.6. The number of nitrogens with zero attached hydrogens (tertiary/aromatic N) is 5. The first kappa shape index (κ1) is 34.3. The van der Waals surface area contributed by atoms with Gasteiger partial charge in [-0.1, -0.05) is 35.3 Å². The molecule has 246 valence electrons. The molecule has 3 heterocycles. The van der Waals surface area contributed by atoms with Crippen LogP contribution in [-0.4, -0.2) is 60.0 Å². The van der Waals surface area contributed by atoms with Crippen LogP contribution >= 0.6 is 22.7 Å². The quantitative estimate of drug-likeness (QED) is 0.0749. The Hall–Kier alpha value is -5.08. The van der Waals surface area contributed by atoms with E-state index in [0.717, 1.165) is 25.8 Å². The summed E-state index contributed by atoms with van der Waals surface area (Å²) in [5.74, 6) is 8.74. The van der Waals surface area contributed by atoms with Crippen LogP contribution < -0.4 is 20.3 Å². The number of nitrogens with one attached hydrogen (secondary N) is 2. The summed E-state index contributed by atoms with van der Waals surface area (Å²) in [5, 5.41) is 16.5. The van der Waals surface area contributed by atoms with Crippen molar-refractivity contribution >= 4 is 60.8 Å². The first-order chi connectivity index (χ1) is 23.4. The van der Waals surface area contributed by atoms with Crippen LogP contribution in [0, 0.1) is 36.9 Å². The maximum atomic E-state index is 14.6. The topological polar surface area (TPSA) is 114 Å². The van der Waals surface area contributed by atoms with Gasteiger partial charge in [-0.05, 0) is 75.2 Å². The molecule has 0 atom stereocenters. The number of thiazole rings is 2. The minimum atomic E-state index is -0.546. The third-order valence-corrected chi connectivity index (χ3v) is 9.09. The van der Waals surface area contributed by atoms with Crippen molar-refractivity contribution in [2.45, 2.75) is 32.6 Å². The minimum absolute atomic E-state index is 0.141. The standard InChI is InChI=1S/C35H34FN7O3S2/c1-5-6-9-19-43(30-21-23(2)32(42-41-30)40-34-38-26-13-7-8-14-28(26)47-34)35-39-31(33(44)45-4)29(48-35)15-11-20-46-27-17-16-24(22-25(27)36)12-10-18-37-3/h1,7-8,13-14,16-17,21-22,37H,6,9,11,15,18-20H2,2-4H3,(H,38,40,42). The molecular weight excluding hydrogens is 650 g/mol. The van der Waals surface area contributed by atoms with Crippen LogP contribution in [0.1, 0.15) is 45.8 Å². The van der Waals surface area contributed by atoms with Crippen molar-refractivity contribution in [1.29, 1.82) is 0 Å². The van der Waals surface area contributed by atoms with E-state index in [0.29, 0.717) is 61.1 Å². The molecule has 0 saturated carbocycles. The molecule has 0 amide bonds. The number of carbonyl (C=O) groups is 1. The van der Waals surface area contributed by atoms with Gasteiger partial charge in [-0.2, -0.15) is 0 Å². The summed E-state index contributed by atoms with van der Waals surface area (Å²) in [5.41, 5.74) is 2.55. The second kappa shape index (κ2) is 16.7. The Labute approximate surface area is 286 Å². The number of hydrogen-bond donors (Lipinski definition) is 2. The molecule has 10 nitrogen and oxygen atoms in total. The monoisotopic (exact) mass is 683 g/mol. The number of methoxy groups -OCH3 is 1. The molecule has 2 N–H and O–H groups in total. The Kier molecular flexibility index (Phi) is 11.9. The van der Waals surface area contributed by atoms with Gasteiger partial charge in [-0.3, -0.25) is 0 Å². The van der Waals surface area contributed by atoms with E-state index in [1.165, 1.54) is 35.8 Å². The Morgan fingerprint density at radius 2 is 1.96 bits per heavy atom. The number of fused-ring (bicyclic) bond motifs is 1. The molecule has 13 heteroatoms. The number of unbranched alkanes of at least 4 members (excludes halogenated alkanes) is 1. The van der Waals surface area contributed by atoms with Crippen LogP contribution in [0.3, 0.4) is 0 Å². The number of terminal acetylenes is 1. The third-order valence-electron chi connectivity index (χ3n) is 7.00. The average Bonchev–Trinajstić information content (AvgIpc) is 3.70. The Bertz CT molecular complexity index is 1960. The van der Waals surface area contributed by atoms with Crippen LogP contribution in [-0.2, 0) is 11.2 Å². The van der Waals surface area contributed by atoms with Gasteiger partial charge in [0.2, 0.25) is 0 Å². The number of anilines is 4. The number of para-hydroxylation sites is 1. The van der Waals surface area contributed by atoms with Gasteiger partial charge in [-0.25, -0.2) is 19.2 Å². The maximum absolute atomic E-state index is 14.6. The number of halogens is 1. The van der Waals surface area contributed by atoms with E-state index in [-0.39, 0.29) is 18.1 Å². The van der Waals surface area contributed by atoms with Crippen LogP contribution in [0.15, 0.2) is 48.5 Å². The fourth-order valence-electron chi connectivity index (χ4n) is 4.63. The van der Waals surface area contributed by atoms with Gasteiger partial charge in [0.25, 0.3) is 0 Å². The number of ether oxygens (including phenoxy) is 2. The van der Waals surface area contributed by atoms with E-state index in [2.05, 4.69) is 48.6 Å². The highest BCUT2D eigenvalue weighted by molar-refractivity contribution is 7.22. The molecule has 0 aliphatic carbocycles. The van der Waals surface area contributed by atoms with Crippen molar-refractivity contribution in [1.82, 2.24) is 25.5 Å². The first-order valence-corrected chi connectivity index (χ1v) is 16.8. The Morgan fingerprint density at radius 1 is 1.10 bits per heavy atom. The summed E-state index contributed by atoms with van der Waals surface area (Å²) in [6.45, 7) is 3.19. The number of aromatic nitrogens is 4. The number of benzene rings is 2. The Balaban J connectivity index is 1.31. The third kappa shape index (κ3) is 8.63. The van der Waals surface area contributed by atoms with Gasteiger partial charge in [0.1, 0.15) is 0 Å². The molecule has 0 aliphatic rings. The zero-order valence-corrected chi connectivity index (χ0v) is 28.4. The second-order valence-electron chi connectivity index (χ2n) is 10.5. The number of rotatable bonds is 14. The Morgan fingerprint density at radius 3 is 2.71 bits per heavy atom. The smallest absolute Gasteiger partial charge is 0.357 e. The van der Waals surface area contributed by atoms with E-state index < -0.39 is 11.8 Å². The SMILES string of the molecule is C#CCCCN(c1cc(C)c(Nc2nc3ccccc3s2)nn1)c1nc(C(=O)OC)c(CCCOc2ccc(C#CCNC)cc2F)s1. The summed E-state index contributed by atoms with van der Waals surface area (Å²) < 4.78 is 26.4. The molecular formula is C35H34FN7O3S2. The number of carbonyl (C=O) groups excluding carboxylic acids is 1. The lowest BCUT2D eigenvalue weighted by Crippen LogP contribution is -2.20. The van der Waals surface area contributed by atoms with Crippen molar-refractivity contribution in [3.8, 4) is 29.9 Å². The largest absolute Gasteiger partial charge is 0.491 e. The second-order valence-corrected chi connectivity index (χ2v) is 12.6. The highest BCUT2D eigenvalue weighted by Crippen LogP contribution is 2.34. The molecule has 5 aromatic rings. The van der Waals surface area contributed by atoms with E-state index in [4.69, 9.17) is 15.9 Å². The van der Waals surface area contributed by atoms with E-state index in [1.807, 2.05) is 42.2 Å². The average molecular weight is 684 g/mol. The molecule has 0 aliphatic heterocycles. The molecule has 0 bridgehead atoms. The highest BCUT2D eigenvalue weighted by atomic mass is 32.1. The summed E-state index contributed by atoms with van der Waals surface area (Å²) in [4.78, 5) is 24.7. The van der Waals surface area contributed by atoms with Crippen molar-refractivity contribution < 1.29 is 18.7 Å². The highest BCUT2D eigenvalue weighted by Gasteiger charge is 2.24. The lowest BCUT2D eigenvalue weighted by molar-refractivity contribution is 0.0593. The molecule has 5 rings (SSSR count). The lowest BCUT2D eigenvalue weighted by atomic mass is 10.2. The summed E-state index contributed by atoms with van der Waals surface area (Å²) >= 11 is 2.90. The van der Waals surface area contributed by atoms with Gasteiger partial charge in [0, 0.05) is 23.4 Å². The van der Waals surface area contributed by atoms with Crippen LogP contribution in [0.4, 0.5) is 26.3 Å². The van der Waals surface area contributed by atoms with Gasteiger partial charge in [-0.15, -0.1) is 33.9 Å². The van der Waals surface area contributed by atoms with Crippen molar-refractivity contribution in [2.24, 2.45) is 0 Å². The van der Waals surface area contributed by atoms with Gasteiger partial charge in [0.05, 0.1) is 30.5 Å². The van der Waals surface area contributed by atoms with E-state index >= 15 is 0 Å². The number of aryl methyl sites for hydroxylation is 2. The molecule has 48 heavy (non-hydrogen) atoms. The number of esters is 1. The zero-order valence-electron chi connectivity index (χ0n) is 26.8. The molecule has 0 fully saturated rings. The molecule has 0 saturated heterocycles. The summed E-state index contributed by atoms with van der Waals surface area (Å²) in [7, 11) is 3.11. The molecule has 2 aromatic carbocycles. The predicted octanol–water partition coefficient (Wildman–Crippen LogP) is 6.65. The summed E-state index contributed by atoms with van der Waals surface area (Å²) in [6.07, 6.45) is 7.75. The predicted molar refractivity (Wildman–Crippen MR) is 189 cm³/mol. The van der Waals surface area contributed by atoms with Gasteiger partial charge < -0.3 is 25.0 Å². The fraction of sp³-hybridized carbons (Fsp3) is 0.286. The molecule has 0 spiro atoms. The minimum Gasteiger partial charge on any atom is -0.491 e. The van der Waals surface area contributed by atoms with E-state index in [9.17, 15) is 9.18 Å². The molecule has 0 radical (unpaired) electrons. The number of hydrogen-bond acceptors (Lipinski definition) is 12. The lowest BCUT2D eigenvalue weighted by Gasteiger charge is -2.21. The van der Waals surface area contributed by atoms with Crippen LogP contribution in [0.25, 0.3) is 10.2 Å². The zero-order chi connectivity index (χ0) is 33.9. The van der Waals surface area contributed by atoms with Gasteiger partial charge in [0.15, 0.2) is 39.2 Å². The molecule has 3 aromatic heterocycles.